The minimum Gasteiger partial charge on any atom is -0.481 e. The van der Waals surface area contributed by atoms with E-state index in [0.29, 0.717) is 0 Å². The molecule has 104 valence electrons. The third kappa shape index (κ3) is 2.30. The first kappa shape index (κ1) is 13.8. The second kappa shape index (κ2) is 5.17. The molecule has 0 aromatic carbocycles. The first-order valence-electron chi connectivity index (χ1n) is 6.54. The molecule has 5 heteroatoms. The number of carbonyl (C=O) groups is 2. The Hall–Kier alpha value is -1.62. The molecule has 1 fully saturated rings. The number of carboxylic acids is 2. The number of piperidine rings is 1. The lowest BCUT2D eigenvalue weighted by molar-refractivity contribution is -0.150. The summed E-state index contributed by atoms with van der Waals surface area (Å²) in [6.07, 6.45) is 4.81. The molecular weight excluding hydrogens is 246 g/mol. The predicted molar refractivity (Wildman–Crippen MR) is 69.8 cm³/mol. The highest BCUT2D eigenvalue weighted by Gasteiger charge is 2.49. The molecule has 0 bridgehead atoms. The van der Waals surface area contributed by atoms with Gasteiger partial charge in [-0.25, -0.2) is 4.79 Å². The van der Waals surface area contributed by atoms with E-state index in [2.05, 4.69) is 5.32 Å². The number of nitrogens with one attached hydrogen (secondary N) is 1. The summed E-state index contributed by atoms with van der Waals surface area (Å²) >= 11 is 0. The van der Waals surface area contributed by atoms with Crippen molar-refractivity contribution in [2.75, 3.05) is 13.1 Å². The van der Waals surface area contributed by atoms with Gasteiger partial charge in [0.15, 0.2) is 0 Å². The Labute approximate surface area is 112 Å². The molecule has 0 spiro atoms. The molecule has 2 rings (SSSR count). The zero-order chi connectivity index (χ0) is 14.0. The van der Waals surface area contributed by atoms with Crippen LogP contribution in [0.4, 0.5) is 0 Å². The average Bonchev–Trinajstić information content (AvgIpc) is 2.39. The first-order valence-corrected chi connectivity index (χ1v) is 6.54. The Balaban J connectivity index is 2.39. The third-order valence-corrected chi connectivity index (χ3v) is 4.40. The van der Waals surface area contributed by atoms with Gasteiger partial charge in [0, 0.05) is 5.57 Å². The molecule has 5 nitrogen and oxygen atoms in total. The van der Waals surface area contributed by atoms with Crippen LogP contribution in [0.3, 0.4) is 0 Å². The van der Waals surface area contributed by atoms with Crippen molar-refractivity contribution in [1.29, 1.82) is 0 Å². The number of allylic oxidation sites excluding steroid dienone is 2. The summed E-state index contributed by atoms with van der Waals surface area (Å²) in [6.45, 7) is 3.38. The van der Waals surface area contributed by atoms with E-state index in [4.69, 9.17) is 5.11 Å². The zero-order valence-electron chi connectivity index (χ0n) is 11.0. The van der Waals surface area contributed by atoms with Gasteiger partial charge in [-0.15, -0.1) is 0 Å². The first-order chi connectivity index (χ1) is 8.98. The van der Waals surface area contributed by atoms with Crippen LogP contribution in [0, 0.1) is 11.3 Å². The van der Waals surface area contributed by atoms with Crippen molar-refractivity contribution >= 4 is 11.9 Å². The third-order valence-electron chi connectivity index (χ3n) is 4.40. The maximum Gasteiger partial charge on any atom is 0.331 e. The molecule has 19 heavy (non-hydrogen) atoms. The van der Waals surface area contributed by atoms with Gasteiger partial charge < -0.3 is 15.5 Å². The molecule has 1 aliphatic heterocycles. The van der Waals surface area contributed by atoms with Gasteiger partial charge in [0.05, 0.1) is 5.41 Å². The van der Waals surface area contributed by atoms with Crippen molar-refractivity contribution < 1.29 is 19.8 Å². The quantitative estimate of drug-likeness (QED) is 0.718. The Morgan fingerprint density at radius 3 is 2.42 bits per heavy atom. The average molecular weight is 265 g/mol. The van der Waals surface area contributed by atoms with Gasteiger partial charge in [-0.1, -0.05) is 17.7 Å². The van der Waals surface area contributed by atoms with Crippen molar-refractivity contribution in [2.24, 2.45) is 11.3 Å². The Morgan fingerprint density at radius 1 is 1.26 bits per heavy atom. The largest absolute Gasteiger partial charge is 0.481 e. The van der Waals surface area contributed by atoms with E-state index in [0.717, 1.165) is 31.5 Å². The molecule has 1 unspecified atom stereocenters. The Bertz CT molecular complexity index is 460. The van der Waals surface area contributed by atoms with Gasteiger partial charge in [0.2, 0.25) is 0 Å². The number of carboxylic acid groups (broad SMARTS) is 2. The lowest BCUT2D eigenvalue weighted by atomic mass is 9.62. The molecule has 1 atom stereocenters. The molecule has 3 N–H and O–H groups in total. The van der Waals surface area contributed by atoms with Crippen LogP contribution in [0.5, 0.6) is 0 Å². The van der Waals surface area contributed by atoms with Crippen LogP contribution in [0.1, 0.15) is 26.2 Å². The monoisotopic (exact) mass is 265 g/mol. The van der Waals surface area contributed by atoms with Gasteiger partial charge in [-0.05, 0) is 45.2 Å². The standard InChI is InChI=1S/C14H19NO4/c1-9-2-3-10(12(16)17)8-14(9,13(18)19)11-4-6-15-7-5-11/h2-3,11,15H,4-8H2,1H3,(H,16,17)(H,18,19). The summed E-state index contributed by atoms with van der Waals surface area (Å²) in [5.74, 6) is -1.94. The molecule has 1 aliphatic carbocycles. The lowest BCUT2D eigenvalue weighted by Crippen LogP contribution is -2.46. The minimum absolute atomic E-state index is 0.00875. The fraction of sp³-hybridized carbons (Fsp3) is 0.571. The number of hydrogen-bond donors (Lipinski definition) is 3. The molecule has 0 amide bonds. The van der Waals surface area contributed by atoms with E-state index < -0.39 is 17.4 Å². The van der Waals surface area contributed by atoms with E-state index in [1.165, 1.54) is 6.08 Å². The minimum atomic E-state index is -1.05. The summed E-state index contributed by atoms with van der Waals surface area (Å²) in [6, 6.07) is 0. The van der Waals surface area contributed by atoms with Gasteiger partial charge in [-0.2, -0.15) is 0 Å². The van der Waals surface area contributed by atoms with Crippen LogP contribution >= 0.6 is 0 Å². The molecule has 0 aromatic rings. The van der Waals surface area contributed by atoms with Gasteiger partial charge >= 0.3 is 11.9 Å². The predicted octanol–water partition coefficient (Wildman–Crippen LogP) is 1.42. The summed E-state index contributed by atoms with van der Waals surface area (Å²) in [5.41, 5.74) is -0.103. The van der Waals surface area contributed by atoms with E-state index in [1.54, 1.807) is 13.0 Å². The highest BCUT2D eigenvalue weighted by atomic mass is 16.4. The van der Waals surface area contributed by atoms with Crippen LogP contribution in [0.25, 0.3) is 0 Å². The van der Waals surface area contributed by atoms with E-state index in [1.807, 2.05) is 0 Å². The van der Waals surface area contributed by atoms with Crippen LogP contribution in [-0.2, 0) is 9.59 Å². The van der Waals surface area contributed by atoms with Gasteiger partial charge in [-0.3, -0.25) is 4.79 Å². The molecular formula is C14H19NO4. The van der Waals surface area contributed by atoms with Gasteiger partial charge in [0.25, 0.3) is 0 Å². The molecule has 1 saturated heterocycles. The Morgan fingerprint density at radius 2 is 1.89 bits per heavy atom. The normalized spacial score (nSPS) is 28.5. The maximum atomic E-state index is 11.9. The maximum absolute atomic E-state index is 11.9. The highest BCUT2D eigenvalue weighted by molar-refractivity contribution is 5.91. The van der Waals surface area contributed by atoms with E-state index in [9.17, 15) is 14.7 Å². The van der Waals surface area contributed by atoms with Crippen molar-refractivity contribution in [2.45, 2.75) is 26.2 Å². The highest BCUT2D eigenvalue weighted by Crippen LogP contribution is 2.47. The van der Waals surface area contributed by atoms with Crippen LogP contribution in [0.2, 0.25) is 0 Å². The summed E-state index contributed by atoms with van der Waals surface area (Å²) in [4.78, 5) is 23.0. The second-order valence-corrected chi connectivity index (χ2v) is 5.32. The number of aliphatic carboxylic acids is 2. The summed E-state index contributed by atoms with van der Waals surface area (Å²) < 4.78 is 0. The molecule has 1 heterocycles. The van der Waals surface area contributed by atoms with Crippen molar-refractivity contribution in [1.82, 2.24) is 5.32 Å². The van der Waals surface area contributed by atoms with Crippen LogP contribution < -0.4 is 5.32 Å². The molecule has 0 saturated carbocycles. The fourth-order valence-electron chi connectivity index (χ4n) is 3.22. The van der Waals surface area contributed by atoms with E-state index in [-0.39, 0.29) is 17.9 Å². The number of hydrogen-bond acceptors (Lipinski definition) is 3. The fourth-order valence-corrected chi connectivity index (χ4v) is 3.22. The number of rotatable bonds is 3. The van der Waals surface area contributed by atoms with Crippen molar-refractivity contribution in [3.05, 3.63) is 23.3 Å². The van der Waals surface area contributed by atoms with Crippen LogP contribution in [0.15, 0.2) is 23.3 Å². The van der Waals surface area contributed by atoms with Crippen molar-refractivity contribution in [3.63, 3.8) is 0 Å². The van der Waals surface area contributed by atoms with E-state index >= 15 is 0 Å². The molecule has 2 aliphatic rings. The topological polar surface area (TPSA) is 86.6 Å². The second-order valence-electron chi connectivity index (χ2n) is 5.32. The molecule has 0 aromatic heterocycles. The molecule has 0 radical (unpaired) electrons. The van der Waals surface area contributed by atoms with Crippen LogP contribution in [-0.4, -0.2) is 35.2 Å². The smallest absolute Gasteiger partial charge is 0.331 e. The zero-order valence-corrected chi connectivity index (χ0v) is 11.0. The van der Waals surface area contributed by atoms with Gasteiger partial charge in [0.1, 0.15) is 0 Å². The summed E-state index contributed by atoms with van der Waals surface area (Å²) in [7, 11) is 0. The van der Waals surface area contributed by atoms with Crippen molar-refractivity contribution in [3.8, 4) is 0 Å². The lowest BCUT2D eigenvalue weighted by Gasteiger charge is -2.42. The Kier molecular flexibility index (Phi) is 3.75. The SMILES string of the molecule is CC1=CC=C(C(=O)O)CC1(C(=O)O)C1CCNCC1. The summed E-state index contributed by atoms with van der Waals surface area (Å²) in [5, 5.41) is 22.1.